The van der Waals surface area contributed by atoms with Gasteiger partial charge in [-0.15, -0.1) is 0 Å². The van der Waals surface area contributed by atoms with Crippen molar-refractivity contribution in [3.63, 3.8) is 0 Å². The fourth-order valence-corrected chi connectivity index (χ4v) is 1.95. The van der Waals surface area contributed by atoms with Gasteiger partial charge in [-0.25, -0.2) is 4.98 Å². The van der Waals surface area contributed by atoms with Crippen molar-refractivity contribution in [1.29, 1.82) is 0 Å². The van der Waals surface area contributed by atoms with E-state index < -0.39 is 17.8 Å². The zero-order valence-corrected chi connectivity index (χ0v) is 12.3. The van der Waals surface area contributed by atoms with Crippen LogP contribution in [0, 0.1) is 6.92 Å². The average molecular weight is 360 g/mol. The molecular formula is C13H9BrF3N3O. The SMILES string of the molecule is Cc1nc(Br)ccc1NC(=O)c1ccc(C(F)(F)F)nc1. The standard InChI is InChI=1S/C13H9BrF3N3O/c1-7-9(3-5-11(14)19-7)20-12(21)8-2-4-10(18-6-8)13(15,16)17/h2-6H,1H3,(H,20,21). The number of nitrogens with one attached hydrogen (secondary N) is 1. The van der Waals surface area contributed by atoms with E-state index in [2.05, 4.69) is 31.2 Å². The summed E-state index contributed by atoms with van der Waals surface area (Å²) in [7, 11) is 0. The summed E-state index contributed by atoms with van der Waals surface area (Å²) in [5, 5.41) is 2.57. The maximum absolute atomic E-state index is 12.4. The maximum Gasteiger partial charge on any atom is 0.433 e. The minimum Gasteiger partial charge on any atom is -0.320 e. The summed E-state index contributed by atoms with van der Waals surface area (Å²) in [6.45, 7) is 1.70. The van der Waals surface area contributed by atoms with Crippen molar-refractivity contribution in [2.75, 3.05) is 5.32 Å². The Labute approximate surface area is 126 Å². The Kier molecular flexibility index (Phi) is 4.26. The van der Waals surface area contributed by atoms with E-state index in [9.17, 15) is 18.0 Å². The molecule has 0 bridgehead atoms. The van der Waals surface area contributed by atoms with Crippen LogP contribution in [0.3, 0.4) is 0 Å². The Morgan fingerprint density at radius 2 is 1.95 bits per heavy atom. The summed E-state index contributed by atoms with van der Waals surface area (Å²) >= 11 is 3.19. The zero-order valence-electron chi connectivity index (χ0n) is 10.7. The van der Waals surface area contributed by atoms with Gasteiger partial charge in [-0.2, -0.15) is 13.2 Å². The number of anilines is 1. The smallest absolute Gasteiger partial charge is 0.320 e. The molecule has 8 heteroatoms. The van der Waals surface area contributed by atoms with E-state index >= 15 is 0 Å². The molecule has 1 N–H and O–H groups in total. The summed E-state index contributed by atoms with van der Waals surface area (Å²) in [5.41, 5.74) is 0.0477. The number of aromatic nitrogens is 2. The van der Waals surface area contributed by atoms with E-state index in [0.717, 1.165) is 18.3 Å². The van der Waals surface area contributed by atoms with Crippen LogP contribution < -0.4 is 5.32 Å². The number of carbonyl (C=O) groups excluding carboxylic acids is 1. The average Bonchev–Trinajstić information content (AvgIpc) is 2.41. The van der Waals surface area contributed by atoms with Crippen LogP contribution >= 0.6 is 15.9 Å². The first-order valence-corrected chi connectivity index (χ1v) is 6.54. The third-order valence-electron chi connectivity index (χ3n) is 2.62. The monoisotopic (exact) mass is 359 g/mol. The number of nitrogens with zero attached hydrogens (tertiary/aromatic N) is 2. The quantitative estimate of drug-likeness (QED) is 0.829. The highest BCUT2D eigenvalue weighted by atomic mass is 79.9. The van der Waals surface area contributed by atoms with E-state index in [1.54, 1.807) is 19.1 Å². The predicted octanol–water partition coefficient (Wildman–Crippen LogP) is 3.82. The Bertz CT molecular complexity index is 671. The van der Waals surface area contributed by atoms with Crippen LogP contribution in [0.1, 0.15) is 21.7 Å². The molecule has 2 heterocycles. The summed E-state index contributed by atoms with van der Waals surface area (Å²) < 4.78 is 37.8. The lowest BCUT2D eigenvalue weighted by Gasteiger charge is -2.09. The molecule has 110 valence electrons. The van der Waals surface area contributed by atoms with Gasteiger partial charge in [0.25, 0.3) is 5.91 Å². The van der Waals surface area contributed by atoms with Gasteiger partial charge >= 0.3 is 6.18 Å². The van der Waals surface area contributed by atoms with Crippen molar-refractivity contribution in [3.8, 4) is 0 Å². The van der Waals surface area contributed by atoms with Gasteiger partial charge in [0.2, 0.25) is 0 Å². The number of alkyl halides is 3. The number of halogens is 4. The third-order valence-corrected chi connectivity index (χ3v) is 3.06. The molecule has 0 aliphatic heterocycles. The minimum atomic E-state index is -4.53. The fraction of sp³-hybridized carbons (Fsp3) is 0.154. The Morgan fingerprint density at radius 3 is 2.48 bits per heavy atom. The molecule has 0 atom stereocenters. The number of hydrogen-bond acceptors (Lipinski definition) is 3. The van der Waals surface area contributed by atoms with Crippen molar-refractivity contribution in [2.24, 2.45) is 0 Å². The molecular weight excluding hydrogens is 351 g/mol. The van der Waals surface area contributed by atoms with Gasteiger partial charge in [0, 0.05) is 6.20 Å². The van der Waals surface area contributed by atoms with E-state index in [1.807, 2.05) is 0 Å². The van der Waals surface area contributed by atoms with Crippen molar-refractivity contribution in [2.45, 2.75) is 13.1 Å². The molecule has 0 aromatic carbocycles. The minimum absolute atomic E-state index is 0.0327. The second-order valence-electron chi connectivity index (χ2n) is 4.15. The van der Waals surface area contributed by atoms with Crippen molar-refractivity contribution in [1.82, 2.24) is 9.97 Å². The van der Waals surface area contributed by atoms with E-state index in [1.165, 1.54) is 0 Å². The van der Waals surface area contributed by atoms with Gasteiger partial charge in [0.05, 0.1) is 16.9 Å². The van der Waals surface area contributed by atoms with Crippen molar-refractivity contribution < 1.29 is 18.0 Å². The van der Waals surface area contributed by atoms with E-state index in [-0.39, 0.29) is 5.56 Å². The largest absolute Gasteiger partial charge is 0.433 e. The van der Waals surface area contributed by atoms with Gasteiger partial charge in [0.15, 0.2) is 0 Å². The van der Waals surface area contributed by atoms with Crippen LogP contribution in [0.5, 0.6) is 0 Å². The molecule has 0 unspecified atom stereocenters. The first kappa shape index (κ1) is 15.4. The molecule has 0 saturated heterocycles. The predicted molar refractivity (Wildman–Crippen MR) is 73.9 cm³/mol. The summed E-state index contributed by atoms with van der Waals surface area (Å²) in [5.74, 6) is -0.552. The molecule has 0 fully saturated rings. The number of carbonyl (C=O) groups is 1. The van der Waals surface area contributed by atoms with Crippen molar-refractivity contribution >= 4 is 27.5 Å². The van der Waals surface area contributed by atoms with Crippen LogP contribution in [0.25, 0.3) is 0 Å². The molecule has 0 aliphatic rings. The van der Waals surface area contributed by atoms with E-state index in [4.69, 9.17) is 0 Å². The van der Waals surface area contributed by atoms with Crippen LogP contribution in [0.4, 0.5) is 18.9 Å². The topological polar surface area (TPSA) is 54.9 Å². The second kappa shape index (κ2) is 5.80. The highest BCUT2D eigenvalue weighted by molar-refractivity contribution is 9.10. The van der Waals surface area contributed by atoms with Crippen LogP contribution in [-0.4, -0.2) is 15.9 Å². The van der Waals surface area contributed by atoms with Gasteiger partial charge < -0.3 is 5.32 Å². The lowest BCUT2D eigenvalue weighted by molar-refractivity contribution is -0.141. The Balaban J connectivity index is 2.17. The number of aryl methyl sites for hydroxylation is 1. The first-order chi connectivity index (χ1) is 9.77. The molecule has 4 nitrogen and oxygen atoms in total. The van der Waals surface area contributed by atoms with Gasteiger partial charge in [-0.3, -0.25) is 9.78 Å². The summed E-state index contributed by atoms with van der Waals surface area (Å²) in [6, 6.07) is 5.13. The lowest BCUT2D eigenvalue weighted by atomic mass is 10.2. The number of amides is 1. The normalized spacial score (nSPS) is 11.3. The highest BCUT2D eigenvalue weighted by Gasteiger charge is 2.32. The van der Waals surface area contributed by atoms with Crippen molar-refractivity contribution in [3.05, 3.63) is 52.0 Å². The Morgan fingerprint density at radius 1 is 1.24 bits per heavy atom. The fourth-order valence-electron chi connectivity index (χ4n) is 1.55. The molecule has 1 amide bonds. The van der Waals surface area contributed by atoms with E-state index in [0.29, 0.717) is 16.0 Å². The first-order valence-electron chi connectivity index (χ1n) is 5.75. The number of hydrogen-bond donors (Lipinski definition) is 1. The molecule has 0 saturated carbocycles. The molecule has 0 spiro atoms. The van der Waals surface area contributed by atoms with Crippen LogP contribution in [-0.2, 0) is 6.18 Å². The summed E-state index contributed by atoms with van der Waals surface area (Å²) in [6.07, 6.45) is -3.64. The second-order valence-corrected chi connectivity index (χ2v) is 4.96. The molecule has 2 aromatic rings. The van der Waals surface area contributed by atoms with Gasteiger partial charge in [-0.05, 0) is 47.1 Å². The maximum atomic E-state index is 12.4. The third kappa shape index (κ3) is 3.78. The molecule has 21 heavy (non-hydrogen) atoms. The van der Waals surface area contributed by atoms with Crippen LogP contribution in [0.15, 0.2) is 35.1 Å². The van der Waals surface area contributed by atoms with Crippen LogP contribution in [0.2, 0.25) is 0 Å². The Hall–Kier alpha value is -1.96. The van der Waals surface area contributed by atoms with Gasteiger partial charge in [0.1, 0.15) is 10.3 Å². The summed E-state index contributed by atoms with van der Waals surface area (Å²) in [4.78, 5) is 19.3. The number of pyridine rings is 2. The lowest BCUT2D eigenvalue weighted by Crippen LogP contribution is -2.15. The molecule has 2 aromatic heterocycles. The molecule has 0 radical (unpaired) electrons. The van der Waals surface area contributed by atoms with Gasteiger partial charge in [-0.1, -0.05) is 0 Å². The molecule has 0 aliphatic carbocycles. The number of rotatable bonds is 2. The highest BCUT2D eigenvalue weighted by Crippen LogP contribution is 2.27. The zero-order chi connectivity index (χ0) is 15.6. The molecule has 2 rings (SSSR count).